The van der Waals surface area contributed by atoms with Gasteiger partial charge in [0.1, 0.15) is 11.0 Å². The summed E-state index contributed by atoms with van der Waals surface area (Å²) in [5.41, 5.74) is 0.732. The van der Waals surface area contributed by atoms with Crippen LogP contribution >= 0.6 is 23.1 Å². The number of anilines is 1. The van der Waals surface area contributed by atoms with Crippen LogP contribution < -0.4 is 4.90 Å². The summed E-state index contributed by atoms with van der Waals surface area (Å²) < 4.78 is 1.97. The normalized spacial score (nSPS) is 19.6. The number of amides is 1. The number of hydrogen-bond donors (Lipinski definition) is 0. The van der Waals surface area contributed by atoms with Crippen LogP contribution in [0.25, 0.3) is 10.3 Å². The number of piperazine rings is 1. The smallest absolute Gasteiger partial charge is 0.242 e. The van der Waals surface area contributed by atoms with Gasteiger partial charge in [-0.2, -0.15) is 0 Å². The molecule has 0 radical (unpaired) electrons. The Morgan fingerprint density at radius 1 is 1.29 bits per heavy atom. The Morgan fingerprint density at radius 2 is 2.12 bits per heavy atom. The quantitative estimate of drug-likeness (QED) is 0.778. The Balaban J connectivity index is 1.50. The maximum Gasteiger partial charge on any atom is 0.242 e. The standard InChI is InChI=1S/C16H21N5OS2/c1-23-16-19-14-13(24-16)15(18-10-17-14)21-7-6-20(12(22)9-21)8-11-4-2-3-5-11/h10-11H,2-9H2,1H3. The molecule has 0 atom stereocenters. The summed E-state index contributed by atoms with van der Waals surface area (Å²) in [6, 6.07) is 0. The van der Waals surface area contributed by atoms with Crippen molar-refractivity contribution in [2.75, 3.05) is 37.3 Å². The van der Waals surface area contributed by atoms with Crippen LogP contribution in [0.15, 0.2) is 10.7 Å². The van der Waals surface area contributed by atoms with E-state index in [1.54, 1.807) is 29.4 Å². The Hall–Kier alpha value is -1.41. The van der Waals surface area contributed by atoms with Gasteiger partial charge in [-0.1, -0.05) is 24.6 Å². The first-order chi connectivity index (χ1) is 11.7. The third-order valence-corrected chi connectivity index (χ3v) is 6.92. The molecule has 0 aromatic carbocycles. The molecule has 3 heterocycles. The van der Waals surface area contributed by atoms with Crippen molar-refractivity contribution >= 4 is 45.2 Å². The lowest BCUT2D eigenvalue weighted by Gasteiger charge is -2.36. The van der Waals surface area contributed by atoms with Gasteiger partial charge < -0.3 is 9.80 Å². The van der Waals surface area contributed by atoms with Crippen LogP contribution in [-0.2, 0) is 4.79 Å². The van der Waals surface area contributed by atoms with Gasteiger partial charge in [-0.3, -0.25) is 4.79 Å². The maximum atomic E-state index is 12.6. The summed E-state index contributed by atoms with van der Waals surface area (Å²) in [5, 5.41) is 0. The van der Waals surface area contributed by atoms with E-state index in [1.807, 2.05) is 11.2 Å². The second-order valence-corrected chi connectivity index (χ2v) is 8.50. The van der Waals surface area contributed by atoms with Crippen LogP contribution in [0.4, 0.5) is 5.82 Å². The summed E-state index contributed by atoms with van der Waals surface area (Å²) in [4.78, 5) is 29.9. The van der Waals surface area contributed by atoms with E-state index in [0.717, 1.165) is 40.1 Å². The lowest BCUT2D eigenvalue weighted by molar-refractivity contribution is -0.131. The van der Waals surface area contributed by atoms with Crippen molar-refractivity contribution in [3.8, 4) is 0 Å². The van der Waals surface area contributed by atoms with Crippen molar-refractivity contribution in [3.05, 3.63) is 6.33 Å². The zero-order chi connectivity index (χ0) is 16.5. The first kappa shape index (κ1) is 16.1. The Morgan fingerprint density at radius 3 is 2.88 bits per heavy atom. The predicted octanol–water partition coefficient (Wildman–Crippen LogP) is 2.65. The molecule has 0 unspecified atom stereocenters. The Kier molecular flexibility index (Phi) is 4.58. The highest BCUT2D eigenvalue weighted by atomic mass is 32.2. The van der Waals surface area contributed by atoms with Gasteiger partial charge in [-0.25, -0.2) is 15.0 Å². The lowest BCUT2D eigenvalue weighted by atomic mass is 10.1. The van der Waals surface area contributed by atoms with E-state index in [9.17, 15) is 4.79 Å². The topological polar surface area (TPSA) is 62.2 Å². The maximum absolute atomic E-state index is 12.6. The molecule has 0 spiro atoms. The van der Waals surface area contributed by atoms with E-state index in [4.69, 9.17) is 0 Å². The second-order valence-electron chi connectivity index (χ2n) is 6.45. The first-order valence-electron chi connectivity index (χ1n) is 8.43. The highest BCUT2D eigenvalue weighted by Gasteiger charge is 2.29. The van der Waals surface area contributed by atoms with Gasteiger partial charge in [-0.15, -0.1) is 11.3 Å². The largest absolute Gasteiger partial charge is 0.344 e. The molecule has 6 nitrogen and oxygen atoms in total. The van der Waals surface area contributed by atoms with E-state index in [2.05, 4.69) is 19.9 Å². The van der Waals surface area contributed by atoms with Gasteiger partial charge >= 0.3 is 0 Å². The van der Waals surface area contributed by atoms with Crippen molar-refractivity contribution in [1.29, 1.82) is 0 Å². The molecule has 24 heavy (non-hydrogen) atoms. The highest BCUT2D eigenvalue weighted by molar-refractivity contribution is 8.00. The minimum atomic E-state index is 0.217. The molecule has 1 aliphatic carbocycles. The zero-order valence-corrected chi connectivity index (χ0v) is 15.4. The van der Waals surface area contributed by atoms with Crippen LogP contribution in [0, 0.1) is 5.92 Å². The average Bonchev–Trinajstić information content (AvgIpc) is 3.25. The van der Waals surface area contributed by atoms with Gasteiger partial charge in [0.2, 0.25) is 5.91 Å². The number of carbonyl (C=O) groups is 1. The van der Waals surface area contributed by atoms with E-state index in [-0.39, 0.29) is 5.91 Å². The van der Waals surface area contributed by atoms with Crippen LogP contribution in [-0.4, -0.2) is 58.2 Å². The monoisotopic (exact) mass is 363 g/mol. The minimum absolute atomic E-state index is 0.217. The van der Waals surface area contributed by atoms with E-state index < -0.39 is 0 Å². The molecule has 1 saturated heterocycles. The summed E-state index contributed by atoms with van der Waals surface area (Å²) in [5.74, 6) is 1.78. The second kappa shape index (κ2) is 6.84. The highest BCUT2D eigenvalue weighted by Crippen LogP contribution is 2.33. The predicted molar refractivity (Wildman–Crippen MR) is 97.7 cm³/mol. The minimum Gasteiger partial charge on any atom is -0.344 e. The number of hydrogen-bond acceptors (Lipinski definition) is 7. The number of thiazole rings is 1. The van der Waals surface area contributed by atoms with Crippen molar-refractivity contribution in [3.63, 3.8) is 0 Å². The summed E-state index contributed by atoms with van der Waals surface area (Å²) in [7, 11) is 0. The number of fused-ring (bicyclic) bond motifs is 1. The van der Waals surface area contributed by atoms with Crippen LogP contribution in [0.1, 0.15) is 25.7 Å². The molecule has 0 N–H and O–H groups in total. The molecule has 1 aliphatic heterocycles. The van der Waals surface area contributed by atoms with Crippen LogP contribution in [0.5, 0.6) is 0 Å². The average molecular weight is 364 g/mol. The number of aromatic nitrogens is 3. The molecular weight excluding hydrogens is 342 g/mol. The molecule has 4 rings (SSSR count). The number of nitrogens with zero attached hydrogens (tertiary/aromatic N) is 5. The Labute approximate surface area is 149 Å². The van der Waals surface area contributed by atoms with Crippen molar-refractivity contribution < 1.29 is 4.79 Å². The van der Waals surface area contributed by atoms with Gasteiger partial charge in [0.15, 0.2) is 15.8 Å². The Bertz CT molecular complexity index is 743. The summed E-state index contributed by atoms with van der Waals surface area (Å²) in [6.45, 7) is 2.96. The SMILES string of the molecule is CSc1nc2ncnc(N3CCN(CC4CCCC4)C(=O)C3)c2s1. The summed E-state index contributed by atoms with van der Waals surface area (Å²) in [6.07, 6.45) is 8.76. The molecule has 1 saturated carbocycles. The molecule has 1 amide bonds. The van der Waals surface area contributed by atoms with Gasteiger partial charge in [0.05, 0.1) is 6.54 Å². The third-order valence-electron chi connectivity index (χ3n) is 4.90. The van der Waals surface area contributed by atoms with Crippen molar-refractivity contribution in [2.24, 2.45) is 5.92 Å². The molecule has 2 fully saturated rings. The number of thioether (sulfide) groups is 1. The third kappa shape index (κ3) is 3.09. The van der Waals surface area contributed by atoms with Crippen molar-refractivity contribution in [2.45, 2.75) is 30.0 Å². The first-order valence-corrected chi connectivity index (χ1v) is 10.5. The molecule has 2 aliphatic rings. The molecule has 0 bridgehead atoms. The number of rotatable bonds is 4. The fourth-order valence-corrected chi connectivity index (χ4v) is 5.15. The summed E-state index contributed by atoms with van der Waals surface area (Å²) >= 11 is 3.22. The molecule has 8 heteroatoms. The van der Waals surface area contributed by atoms with Gasteiger partial charge in [0.25, 0.3) is 0 Å². The van der Waals surface area contributed by atoms with Crippen molar-refractivity contribution in [1.82, 2.24) is 19.9 Å². The molecule has 2 aromatic heterocycles. The van der Waals surface area contributed by atoms with Gasteiger partial charge in [-0.05, 0) is 25.0 Å². The zero-order valence-electron chi connectivity index (χ0n) is 13.8. The molecule has 2 aromatic rings. The van der Waals surface area contributed by atoms with E-state index in [1.165, 1.54) is 25.7 Å². The van der Waals surface area contributed by atoms with Crippen LogP contribution in [0.3, 0.4) is 0 Å². The lowest BCUT2D eigenvalue weighted by Crippen LogP contribution is -2.51. The van der Waals surface area contributed by atoms with Crippen LogP contribution in [0.2, 0.25) is 0 Å². The fraction of sp³-hybridized carbons (Fsp3) is 0.625. The fourth-order valence-electron chi connectivity index (χ4n) is 3.62. The van der Waals surface area contributed by atoms with E-state index in [0.29, 0.717) is 12.5 Å². The van der Waals surface area contributed by atoms with Gasteiger partial charge in [0, 0.05) is 19.6 Å². The van der Waals surface area contributed by atoms with E-state index >= 15 is 0 Å². The molecular formula is C16H21N5OS2. The number of carbonyl (C=O) groups excluding carboxylic acids is 1. The molecule has 128 valence electrons.